The Kier molecular flexibility index (Phi) is 4.11. The van der Waals surface area contributed by atoms with Gasteiger partial charge in [0.2, 0.25) is 0 Å². The second-order valence-corrected chi connectivity index (χ2v) is 4.84. The van der Waals surface area contributed by atoms with Crippen molar-refractivity contribution >= 4 is 17.9 Å². The van der Waals surface area contributed by atoms with Crippen LogP contribution in [0.2, 0.25) is 0 Å². The van der Waals surface area contributed by atoms with Gasteiger partial charge in [0.05, 0.1) is 7.11 Å². The number of hydrogen-bond donors (Lipinski definition) is 0. The van der Waals surface area contributed by atoms with E-state index in [1.165, 1.54) is 6.92 Å². The molecule has 2 aliphatic heterocycles. The standard InChI is InChI=1S/C12H16F3N3O3/c1-8-16-11(9(19)20-2,12(13,14)15)17-10(21-8)18-6-4-3-5-7-18/h3-7H2,1-2H3/t11-/m0/s1. The number of piperidine rings is 1. The molecule has 0 saturated carbocycles. The maximum atomic E-state index is 13.4. The Labute approximate surface area is 119 Å². The minimum Gasteiger partial charge on any atom is -0.465 e. The van der Waals surface area contributed by atoms with E-state index in [9.17, 15) is 18.0 Å². The van der Waals surface area contributed by atoms with Crippen LogP contribution in [0.3, 0.4) is 0 Å². The lowest BCUT2D eigenvalue weighted by atomic mass is 10.1. The summed E-state index contributed by atoms with van der Waals surface area (Å²) >= 11 is 0. The predicted octanol–water partition coefficient (Wildman–Crippen LogP) is 1.71. The van der Waals surface area contributed by atoms with Crippen LogP contribution in [0.4, 0.5) is 13.2 Å². The van der Waals surface area contributed by atoms with E-state index in [1.807, 2.05) is 0 Å². The van der Waals surface area contributed by atoms with Crippen LogP contribution in [0, 0.1) is 0 Å². The normalized spacial score (nSPS) is 26.6. The SMILES string of the molecule is COC(=O)[C@]1(C(F)(F)F)N=C(C)OC(N2CCCCC2)=N1. The van der Waals surface area contributed by atoms with E-state index in [2.05, 4.69) is 14.7 Å². The monoisotopic (exact) mass is 307 g/mol. The number of likely N-dealkylation sites (tertiary alicyclic amines) is 1. The number of carbonyl (C=O) groups excluding carboxylic acids is 1. The van der Waals surface area contributed by atoms with Crippen molar-refractivity contribution < 1.29 is 27.4 Å². The Bertz CT molecular complexity index is 484. The molecule has 118 valence electrons. The topological polar surface area (TPSA) is 63.5 Å². The van der Waals surface area contributed by atoms with Crippen molar-refractivity contribution in [3.05, 3.63) is 0 Å². The third-order valence-corrected chi connectivity index (χ3v) is 3.31. The summed E-state index contributed by atoms with van der Waals surface area (Å²) in [5.74, 6) is -1.85. The first-order chi connectivity index (χ1) is 9.80. The Morgan fingerprint density at radius 2 is 1.90 bits per heavy atom. The molecule has 6 nitrogen and oxygen atoms in total. The van der Waals surface area contributed by atoms with E-state index < -0.39 is 17.8 Å². The molecule has 21 heavy (non-hydrogen) atoms. The molecule has 0 aliphatic carbocycles. The number of amidine groups is 1. The molecule has 0 amide bonds. The number of aliphatic imine (C=N–C) groups is 2. The van der Waals surface area contributed by atoms with Gasteiger partial charge in [0.25, 0.3) is 6.02 Å². The maximum absolute atomic E-state index is 13.4. The summed E-state index contributed by atoms with van der Waals surface area (Å²) in [6.45, 7) is 2.31. The summed E-state index contributed by atoms with van der Waals surface area (Å²) in [4.78, 5) is 20.0. The number of methoxy groups -OCH3 is 1. The van der Waals surface area contributed by atoms with E-state index in [1.54, 1.807) is 4.90 Å². The van der Waals surface area contributed by atoms with Crippen LogP contribution in [-0.2, 0) is 14.3 Å². The molecule has 0 radical (unpaired) electrons. The summed E-state index contributed by atoms with van der Waals surface area (Å²) in [6, 6.07) is -0.232. The van der Waals surface area contributed by atoms with Crippen molar-refractivity contribution in [2.24, 2.45) is 9.98 Å². The lowest BCUT2D eigenvalue weighted by Gasteiger charge is -2.34. The van der Waals surface area contributed by atoms with Crippen LogP contribution in [-0.4, -0.2) is 54.8 Å². The van der Waals surface area contributed by atoms with Gasteiger partial charge in [-0.25, -0.2) is 9.79 Å². The van der Waals surface area contributed by atoms with Gasteiger partial charge in [0.15, 0.2) is 5.90 Å². The van der Waals surface area contributed by atoms with Crippen LogP contribution < -0.4 is 0 Å². The Hall–Kier alpha value is -1.80. The van der Waals surface area contributed by atoms with Crippen molar-refractivity contribution in [1.29, 1.82) is 0 Å². The van der Waals surface area contributed by atoms with Gasteiger partial charge in [-0.15, -0.1) is 0 Å². The first-order valence-electron chi connectivity index (χ1n) is 6.54. The summed E-state index contributed by atoms with van der Waals surface area (Å²) in [5, 5.41) is 0. The molecule has 0 bridgehead atoms. The molecule has 2 heterocycles. The first-order valence-corrected chi connectivity index (χ1v) is 6.54. The second-order valence-electron chi connectivity index (χ2n) is 4.84. The maximum Gasteiger partial charge on any atom is 0.446 e. The molecule has 2 aliphatic rings. The number of rotatable bonds is 1. The van der Waals surface area contributed by atoms with Crippen LogP contribution >= 0.6 is 0 Å². The molecule has 0 N–H and O–H groups in total. The number of hydrogen-bond acceptors (Lipinski definition) is 6. The smallest absolute Gasteiger partial charge is 0.446 e. The Morgan fingerprint density at radius 1 is 1.29 bits per heavy atom. The summed E-state index contributed by atoms with van der Waals surface area (Å²) in [6.07, 6.45) is -2.35. The summed E-state index contributed by atoms with van der Waals surface area (Å²) < 4.78 is 49.5. The largest absolute Gasteiger partial charge is 0.465 e. The molecular weight excluding hydrogens is 291 g/mol. The van der Waals surface area contributed by atoms with E-state index in [0.717, 1.165) is 26.4 Å². The quantitative estimate of drug-likeness (QED) is 0.692. The fourth-order valence-electron chi connectivity index (χ4n) is 2.27. The number of halogens is 3. The average Bonchev–Trinajstić information content (AvgIpc) is 2.45. The Morgan fingerprint density at radius 3 is 2.43 bits per heavy atom. The van der Waals surface area contributed by atoms with E-state index in [-0.39, 0.29) is 11.9 Å². The number of carbonyl (C=O) groups is 1. The fraction of sp³-hybridized carbons (Fsp3) is 0.750. The van der Waals surface area contributed by atoms with E-state index in [0.29, 0.717) is 13.1 Å². The van der Waals surface area contributed by atoms with Crippen molar-refractivity contribution in [3.63, 3.8) is 0 Å². The van der Waals surface area contributed by atoms with Gasteiger partial charge in [0.1, 0.15) is 0 Å². The van der Waals surface area contributed by atoms with Gasteiger partial charge in [-0.05, 0) is 19.3 Å². The van der Waals surface area contributed by atoms with Gasteiger partial charge >= 0.3 is 17.8 Å². The highest BCUT2D eigenvalue weighted by Crippen LogP contribution is 2.38. The zero-order chi connectivity index (χ0) is 15.7. The van der Waals surface area contributed by atoms with Crippen LogP contribution in [0.1, 0.15) is 26.2 Å². The average molecular weight is 307 g/mol. The lowest BCUT2D eigenvalue weighted by molar-refractivity contribution is -0.202. The van der Waals surface area contributed by atoms with Crippen LogP contribution in [0.25, 0.3) is 0 Å². The summed E-state index contributed by atoms with van der Waals surface area (Å²) in [7, 11) is 0.867. The lowest BCUT2D eigenvalue weighted by Crippen LogP contribution is -2.55. The minimum atomic E-state index is -5.01. The predicted molar refractivity (Wildman–Crippen MR) is 67.9 cm³/mol. The van der Waals surface area contributed by atoms with E-state index >= 15 is 0 Å². The zero-order valence-corrected chi connectivity index (χ0v) is 11.7. The molecule has 0 aromatic carbocycles. The Balaban J connectivity index is 2.44. The number of alkyl halides is 3. The third-order valence-electron chi connectivity index (χ3n) is 3.31. The van der Waals surface area contributed by atoms with Gasteiger partial charge in [0, 0.05) is 20.0 Å². The van der Waals surface area contributed by atoms with Crippen molar-refractivity contribution in [1.82, 2.24) is 4.90 Å². The number of nitrogens with zero attached hydrogens (tertiary/aromatic N) is 3. The molecular formula is C12H16F3N3O3. The molecule has 1 fully saturated rings. The van der Waals surface area contributed by atoms with Crippen molar-refractivity contribution in [2.75, 3.05) is 20.2 Å². The molecule has 2 rings (SSSR count). The zero-order valence-electron chi connectivity index (χ0n) is 11.7. The highest BCUT2D eigenvalue weighted by atomic mass is 19.4. The van der Waals surface area contributed by atoms with Crippen molar-refractivity contribution in [3.8, 4) is 0 Å². The van der Waals surface area contributed by atoms with Crippen LogP contribution in [0.5, 0.6) is 0 Å². The molecule has 0 aromatic heterocycles. The minimum absolute atomic E-state index is 0.232. The molecule has 1 atom stereocenters. The number of ether oxygens (including phenoxy) is 2. The van der Waals surface area contributed by atoms with Gasteiger partial charge in [-0.3, -0.25) is 0 Å². The van der Waals surface area contributed by atoms with Crippen molar-refractivity contribution in [2.45, 2.75) is 38.0 Å². The van der Waals surface area contributed by atoms with E-state index in [4.69, 9.17) is 4.74 Å². The van der Waals surface area contributed by atoms with Gasteiger partial charge in [-0.2, -0.15) is 18.2 Å². The number of esters is 1. The molecule has 1 saturated heterocycles. The summed E-state index contributed by atoms with van der Waals surface area (Å²) in [5.41, 5.74) is -3.28. The second kappa shape index (κ2) is 5.53. The highest BCUT2D eigenvalue weighted by Gasteiger charge is 2.65. The molecule has 0 spiro atoms. The fourth-order valence-corrected chi connectivity index (χ4v) is 2.27. The molecule has 0 aromatic rings. The first kappa shape index (κ1) is 15.6. The molecule has 0 unspecified atom stereocenters. The third kappa shape index (κ3) is 2.81. The highest BCUT2D eigenvalue weighted by molar-refractivity contribution is 5.97. The van der Waals surface area contributed by atoms with Crippen LogP contribution in [0.15, 0.2) is 9.98 Å². The van der Waals surface area contributed by atoms with Gasteiger partial charge in [-0.1, -0.05) is 0 Å². The molecule has 9 heteroatoms. The van der Waals surface area contributed by atoms with Gasteiger partial charge < -0.3 is 14.4 Å².